The van der Waals surface area contributed by atoms with E-state index in [9.17, 15) is 0 Å². The lowest BCUT2D eigenvalue weighted by Crippen LogP contribution is -2.38. The first-order chi connectivity index (χ1) is 13.3. The van der Waals surface area contributed by atoms with Crippen LogP contribution in [0.2, 0.25) is 0 Å². The molecule has 0 radical (unpaired) electrons. The number of nitrogens with zero attached hydrogens (tertiary/aromatic N) is 5. The highest BCUT2D eigenvalue weighted by atomic mass is 127. The summed E-state index contributed by atoms with van der Waals surface area (Å²) in [4.78, 5) is 10.5. The molecule has 0 bridgehead atoms. The van der Waals surface area contributed by atoms with Crippen molar-refractivity contribution in [2.75, 3.05) is 19.6 Å². The molecule has 0 fully saturated rings. The summed E-state index contributed by atoms with van der Waals surface area (Å²) in [6.45, 7) is 7.71. The standard InChI is InChI=1S/C19H31N7S.HI/c1-3-15-14-23-18(27-15)10-12-22-19(20-4-2)21-11-9-17-25-24-16-8-6-5-7-13-26(16)17;/h14H,3-13H2,1-2H3,(H2,20,21,22);1H. The second-order valence-corrected chi connectivity index (χ2v) is 7.96. The fraction of sp³-hybridized carbons (Fsp3) is 0.684. The van der Waals surface area contributed by atoms with Crippen molar-refractivity contribution in [3.8, 4) is 0 Å². The monoisotopic (exact) mass is 517 g/mol. The van der Waals surface area contributed by atoms with Gasteiger partial charge in [0.1, 0.15) is 11.6 Å². The molecular formula is C19H32IN7S. The number of aryl methyl sites for hydroxylation is 2. The molecule has 3 heterocycles. The average Bonchev–Trinajstić information content (AvgIpc) is 3.22. The van der Waals surface area contributed by atoms with E-state index in [1.807, 2.05) is 6.20 Å². The van der Waals surface area contributed by atoms with E-state index in [4.69, 9.17) is 0 Å². The van der Waals surface area contributed by atoms with Crippen LogP contribution in [0.5, 0.6) is 0 Å². The molecule has 0 aliphatic carbocycles. The van der Waals surface area contributed by atoms with Crippen LogP contribution >= 0.6 is 35.3 Å². The van der Waals surface area contributed by atoms with Gasteiger partial charge in [0.2, 0.25) is 0 Å². The van der Waals surface area contributed by atoms with Crippen molar-refractivity contribution in [1.29, 1.82) is 0 Å². The maximum Gasteiger partial charge on any atom is 0.191 e. The normalized spacial score (nSPS) is 14.1. The van der Waals surface area contributed by atoms with Crippen LogP contribution in [0.15, 0.2) is 11.2 Å². The highest BCUT2D eigenvalue weighted by molar-refractivity contribution is 14.0. The van der Waals surface area contributed by atoms with E-state index < -0.39 is 0 Å². The van der Waals surface area contributed by atoms with Gasteiger partial charge in [-0.3, -0.25) is 4.99 Å². The van der Waals surface area contributed by atoms with E-state index in [2.05, 4.69) is 49.2 Å². The van der Waals surface area contributed by atoms with Crippen molar-refractivity contribution in [2.24, 2.45) is 4.99 Å². The number of nitrogens with one attached hydrogen (secondary N) is 2. The van der Waals surface area contributed by atoms with E-state index in [1.165, 1.54) is 24.1 Å². The van der Waals surface area contributed by atoms with Gasteiger partial charge in [0.25, 0.3) is 0 Å². The van der Waals surface area contributed by atoms with Gasteiger partial charge in [-0.2, -0.15) is 0 Å². The average molecular weight is 517 g/mol. The van der Waals surface area contributed by atoms with Gasteiger partial charge in [0.05, 0.1) is 5.01 Å². The van der Waals surface area contributed by atoms with Crippen molar-refractivity contribution in [3.05, 3.63) is 27.7 Å². The topological polar surface area (TPSA) is 80.0 Å². The maximum atomic E-state index is 4.68. The molecule has 28 heavy (non-hydrogen) atoms. The Morgan fingerprint density at radius 1 is 1.18 bits per heavy atom. The second kappa shape index (κ2) is 12.4. The van der Waals surface area contributed by atoms with Crippen LogP contribution in [-0.4, -0.2) is 45.3 Å². The summed E-state index contributed by atoms with van der Waals surface area (Å²) < 4.78 is 2.31. The van der Waals surface area contributed by atoms with Gasteiger partial charge in [-0.1, -0.05) is 13.3 Å². The van der Waals surface area contributed by atoms with Crippen molar-refractivity contribution in [3.63, 3.8) is 0 Å². The van der Waals surface area contributed by atoms with Crippen LogP contribution in [0.25, 0.3) is 0 Å². The smallest absolute Gasteiger partial charge is 0.191 e. The summed E-state index contributed by atoms with van der Waals surface area (Å²) in [6, 6.07) is 0. The highest BCUT2D eigenvalue weighted by Gasteiger charge is 2.14. The van der Waals surface area contributed by atoms with Crippen molar-refractivity contribution < 1.29 is 0 Å². The van der Waals surface area contributed by atoms with Gasteiger partial charge in [-0.25, -0.2) is 4.98 Å². The summed E-state index contributed by atoms with van der Waals surface area (Å²) in [5, 5.41) is 16.7. The van der Waals surface area contributed by atoms with Crippen molar-refractivity contribution in [2.45, 2.75) is 65.3 Å². The minimum Gasteiger partial charge on any atom is -0.357 e. The Kier molecular flexibility index (Phi) is 10.2. The molecule has 1 aliphatic heterocycles. The van der Waals surface area contributed by atoms with Gasteiger partial charge < -0.3 is 15.2 Å². The number of fused-ring (bicyclic) bond motifs is 1. The zero-order chi connectivity index (χ0) is 18.9. The lowest BCUT2D eigenvalue weighted by Gasteiger charge is -2.11. The Bertz CT molecular complexity index is 740. The summed E-state index contributed by atoms with van der Waals surface area (Å²) >= 11 is 1.79. The molecule has 0 aromatic carbocycles. The van der Waals surface area contributed by atoms with Crippen molar-refractivity contribution in [1.82, 2.24) is 30.4 Å². The Labute approximate surface area is 188 Å². The van der Waals surface area contributed by atoms with E-state index in [-0.39, 0.29) is 24.0 Å². The maximum absolute atomic E-state index is 4.68. The van der Waals surface area contributed by atoms with Crippen molar-refractivity contribution >= 4 is 41.3 Å². The van der Waals surface area contributed by atoms with Crippen LogP contribution in [0.3, 0.4) is 0 Å². The third-order valence-electron chi connectivity index (χ3n) is 4.72. The molecule has 0 amide bonds. The van der Waals surface area contributed by atoms with E-state index in [0.29, 0.717) is 0 Å². The Morgan fingerprint density at radius 2 is 2.07 bits per heavy atom. The van der Waals surface area contributed by atoms with Gasteiger partial charge in [0.15, 0.2) is 5.96 Å². The number of aliphatic imine (C=N–C) groups is 1. The molecular weight excluding hydrogens is 485 g/mol. The fourth-order valence-electron chi connectivity index (χ4n) is 3.26. The number of hydrogen-bond donors (Lipinski definition) is 2. The minimum atomic E-state index is 0. The van der Waals surface area contributed by atoms with E-state index in [0.717, 1.165) is 74.5 Å². The molecule has 2 aromatic rings. The van der Waals surface area contributed by atoms with Crippen LogP contribution < -0.4 is 10.6 Å². The van der Waals surface area contributed by atoms with Gasteiger partial charge >= 0.3 is 0 Å². The Balaban J connectivity index is 0.00000280. The Morgan fingerprint density at radius 3 is 2.86 bits per heavy atom. The number of thiazole rings is 1. The first-order valence-electron chi connectivity index (χ1n) is 10.2. The molecule has 156 valence electrons. The lowest BCUT2D eigenvalue weighted by molar-refractivity contribution is 0.600. The number of guanidine groups is 1. The zero-order valence-corrected chi connectivity index (χ0v) is 20.1. The summed E-state index contributed by atoms with van der Waals surface area (Å²) in [6.07, 6.45) is 9.59. The SMILES string of the molecule is CCNC(=NCCc1ncc(CC)s1)NCCc1nnc2n1CCCCC2.I. The molecule has 0 spiro atoms. The molecule has 0 unspecified atom stereocenters. The molecule has 1 aliphatic rings. The number of halogens is 1. The van der Waals surface area contributed by atoms with E-state index >= 15 is 0 Å². The number of rotatable bonds is 8. The summed E-state index contributed by atoms with van der Waals surface area (Å²) in [5.74, 6) is 3.10. The quantitative estimate of drug-likeness (QED) is 0.320. The molecule has 0 saturated carbocycles. The molecule has 7 nitrogen and oxygen atoms in total. The molecule has 2 N–H and O–H groups in total. The fourth-order valence-corrected chi connectivity index (χ4v) is 4.11. The highest BCUT2D eigenvalue weighted by Crippen LogP contribution is 2.15. The second-order valence-electron chi connectivity index (χ2n) is 6.76. The lowest BCUT2D eigenvalue weighted by atomic mass is 10.2. The number of aromatic nitrogens is 4. The summed E-state index contributed by atoms with van der Waals surface area (Å²) in [7, 11) is 0. The molecule has 2 aromatic heterocycles. The van der Waals surface area contributed by atoms with Gasteiger partial charge in [0, 0.05) is 56.5 Å². The molecule has 3 rings (SSSR count). The Hall–Kier alpha value is -1.23. The van der Waals surface area contributed by atoms with Crippen LogP contribution in [-0.2, 0) is 32.2 Å². The van der Waals surface area contributed by atoms with Gasteiger partial charge in [-0.05, 0) is 26.2 Å². The molecule has 0 atom stereocenters. The van der Waals surface area contributed by atoms with E-state index in [1.54, 1.807) is 11.3 Å². The largest absolute Gasteiger partial charge is 0.357 e. The summed E-state index contributed by atoms with van der Waals surface area (Å²) in [5.41, 5.74) is 0. The van der Waals surface area contributed by atoms with Crippen LogP contribution in [0.4, 0.5) is 0 Å². The first kappa shape index (κ1) is 23.1. The number of hydrogen-bond acceptors (Lipinski definition) is 5. The van der Waals surface area contributed by atoms with Gasteiger partial charge in [-0.15, -0.1) is 45.5 Å². The predicted molar refractivity (Wildman–Crippen MR) is 126 cm³/mol. The minimum absolute atomic E-state index is 0. The first-order valence-corrected chi connectivity index (χ1v) is 11.0. The molecule has 9 heteroatoms. The third-order valence-corrected chi connectivity index (χ3v) is 5.92. The molecule has 0 saturated heterocycles. The zero-order valence-electron chi connectivity index (χ0n) is 16.9. The van der Waals surface area contributed by atoms with Crippen LogP contribution in [0, 0.1) is 0 Å². The predicted octanol–water partition coefficient (Wildman–Crippen LogP) is 2.98. The third kappa shape index (κ3) is 6.68. The van der Waals surface area contributed by atoms with Crippen LogP contribution in [0.1, 0.15) is 54.6 Å².